The van der Waals surface area contributed by atoms with E-state index in [0.29, 0.717) is 6.54 Å². The van der Waals surface area contributed by atoms with Crippen LogP contribution in [0.4, 0.5) is 5.69 Å². The van der Waals surface area contributed by atoms with Crippen LogP contribution in [-0.2, 0) is 13.1 Å². The Hall–Kier alpha value is -2.00. The summed E-state index contributed by atoms with van der Waals surface area (Å²) in [4.78, 5) is 2.21. The second-order valence-electron chi connectivity index (χ2n) is 4.54. The van der Waals surface area contributed by atoms with E-state index in [-0.39, 0.29) is 0 Å². The Morgan fingerprint density at radius 3 is 2.47 bits per heavy atom. The summed E-state index contributed by atoms with van der Waals surface area (Å²) in [5.41, 5.74) is 9.12. The first-order chi connectivity index (χ1) is 9.24. The maximum absolute atomic E-state index is 5.68. The third-order valence-electron chi connectivity index (χ3n) is 3.19. The van der Waals surface area contributed by atoms with Crippen molar-refractivity contribution in [2.24, 2.45) is 5.73 Å². The third kappa shape index (κ3) is 3.26. The molecule has 3 nitrogen and oxygen atoms in total. The predicted octanol–water partition coefficient (Wildman–Crippen LogP) is 2.79. The summed E-state index contributed by atoms with van der Waals surface area (Å²) in [6.07, 6.45) is 0. The summed E-state index contributed by atoms with van der Waals surface area (Å²) in [5, 5.41) is 0. The van der Waals surface area contributed by atoms with Crippen LogP contribution in [0.2, 0.25) is 0 Å². The van der Waals surface area contributed by atoms with Gasteiger partial charge in [0.25, 0.3) is 0 Å². The van der Waals surface area contributed by atoms with Gasteiger partial charge in [-0.3, -0.25) is 0 Å². The Kier molecular flexibility index (Phi) is 4.42. The van der Waals surface area contributed by atoms with Gasteiger partial charge >= 0.3 is 0 Å². The number of hydrogen-bond donors (Lipinski definition) is 1. The minimum absolute atomic E-state index is 0.498. The molecular formula is C16H20N2O. The molecule has 0 heterocycles. The Balaban J connectivity index is 2.15. The molecule has 0 aliphatic heterocycles. The molecule has 0 bridgehead atoms. The first-order valence-electron chi connectivity index (χ1n) is 6.36. The minimum Gasteiger partial charge on any atom is -0.496 e. The van der Waals surface area contributed by atoms with Crippen LogP contribution in [0, 0.1) is 0 Å². The van der Waals surface area contributed by atoms with Gasteiger partial charge in [0.15, 0.2) is 0 Å². The predicted molar refractivity (Wildman–Crippen MR) is 79.4 cm³/mol. The van der Waals surface area contributed by atoms with Crippen LogP contribution in [0.1, 0.15) is 11.1 Å². The smallest absolute Gasteiger partial charge is 0.123 e. The average Bonchev–Trinajstić information content (AvgIpc) is 2.48. The van der Waals surface area contributed by atoms with Gasteiger partial charge in [0.05, 0.1) is 7.11 Å². The lowest BCUT2D eigenvalue weighted by Gasteiger charge is -2.20. The van der Waals surface area contributed by atoms with Gasteiger partial charge in [-0.05, 0) is 23.8 Å². The summed E-state index contributed by atoms with van der Waals surface area (Å²) in [6, 6.07) is 16.5. The second-order valence-corrected chi connectivity index (χ2v) is 4.54. The van der Waals surface area contributed by atoms with Crippen molar-refractivity contribution in [2.45, 2.75) is 13.1 Å². The van der Waals surface area contributed by atoms with E-state index >= 15 is 0 Å². The molecule has 2 N–H and O–H groups in total. The molecule has 0 aliphatic rings. The molecule has 2 aromatic carbocycles. The zero-order valence-corrected chi connectivity index (χ0v) is 11.5. The maximum atomic E-state index is 5.68. The van der Waals surface area contributed by atoms with E-state index in [2.05, 4.69) is 36.2 Å². The molecule has 0 saturated heterocycles. The lowest BCUT2D eigenvalue weighted by molar-refractivity contribution is 0.409. The van der Waals surface area contributed by atoms with E-state index in [0.717, 1.165) is 17.9 Å². The van der Waals surface area contributed by atoms with E-state index in [1.165, 1.54) is 11.3 Å². The van der Waals surface area contributed by atoms with Crippen LogP contribution in [0.25, 0.3) is 0 Å². The molecule has 0 aliphatic carbocycles. The topological polar surface area (TPSA) is 38.5 Å². The van der Waals surface area contributed by atoms with Crippen molar-refractivity contribution in [3.05, 3.63) is 59.7 Å². The number of rotatable bonds is 5. The zero-order valence-electron chi connectivity index (χ0n) is 11.5. The molecule has 100 valence electrons. The van der Waals surface area contributed by atoms with Crippen LogP contribution in [0.5, 0.6) is 5.75 Å². The van der Waals surface area contributed by atoms with E-state index in [1.54, 1.807) is 7.11 Å². The summed E-state index contributed by atoms with van der Waals surface area (Å²) >= 11 is 0. The number of benzene rings is 2. The number of hydrogen-bond acceptors (Lipinski definition) is 3. The van der Waals surface area contributed by atoms with Crippen molar-refractivity contribution in [3.63, 3.8) is 0 Å². The quantitative estimate of drug-likeness (QED) is 0.894. The summed E-state index contributed by atoms with van der Waals surface area (Å²) < 4.78 is 5.37. The maximum Gasteiger partial charge on any atom is 0.123 e. The third-order valence-corrected chi connectivity index (χ3v) is 3.19. The molecule has 2 aromatic rings. The van der Waals surface area contributed by atoms with Gasteiger partial charge in [0, 0.05) is 31.4 Å². The van der Waals surface area contributed by atoms with Gasteiger partial charge in [-0.25, -0.2) is 0 Å². The van der Waals surface area contributed by atoms with E-state index in [4.69, 9.17) is 10.5 Å². The second kappa shape index (κ2) is 6.25. The molecule has 3 heteroatoms. The number of nitrogens with zero attached hydrogens (tertiary/aromatic N) is 1. The van der Waals surface area contributed by atoms with Crippen LogP contribution in [-0.4, -0.2) is 14.2 Å². The molecule has 0 radical (unpaired) electrons. The number of ether oxygens (including phenoxy) is 1. The standard InChI is InChI=1S/C16H20N2O/c1-18(15-6-4-3-5-7-15)12-13-8-9-14(11-17)16(10-13)19-2/h3-10H,11-12,17H2,1-2H3. The van der Waals surface area contributed by atoms with E-state index in [1.807, 2.05) is 24.3 Å². The molecule has 0 amide bonds. The highest BCUT2D eigenvalue weighted by Gasteiger charge is 2.05. The fourth-order valence-electron chi connectivity index (χ4n) is 2.10. The summed E-state index contributed by atoms with van der Waals surface area (Å²) in [6.45, 7) is 1.34. The summed E-state index contributed by atoms with van der Waals surface area (Å²) in [5.74, 6) is 0.862. The molecule has 0 unspecified atom stereocenters. The molecule has 0 atom stereocenters. The number of para-hydroxylation sites is 1. The van der Waals surface area contributed by atoms with Gasteiger partial charge < -0.3 is 15.4 Å². The fraction of sp³-hybridized carbons (Fsp3) is 0.250. The van der Waals surface area contributed by atoms with Crippen molar-refractivity contribution < 1.29 is 4.74 Å². The van der Waals surface area contributed by atoms with Gasteiger partial charge in [-0.2, -0.15) is 0 Å². The van der Waals surface area contributed by atoms with E-state index < -0.39 is 0 Å². The van der Waals surface area contributed by atoms with Crippen LogP contribution in [0.3, 0.4) is 0 Å². The largest absolute Gasteiger partial charge is 0.496 e. The molecule has 2 rings (SSSR count). The Morgan fingerprint density at radius 1 is 1.11 bits per heavy atom. The SMILES string of the molecule is COc1cc(CN(C)c2ccccc2)ccc1CN. The molecule has 0 fully saturated rings. The minimum atomic E-state index is 0.498. The summed E-state index contributed by atoms with van der Waals surface area (Å²) in [7, 11) is 3.76. The Bertz CT molecular complexity index is 526. The molecule has 0 saturated carbocycles. The van der Waals surface area contributed by atoms with Crippen molar-refractivity contribution in [2.75, 3.05) is 19.1 Å². The molecule has 0 aromatic heterocycles. The van der Waals surface area contributed by atoms with Crippen molar-refractivity contribution in [1.29, 1.82) is 0 Å². The van der Waals surface area contributed by atoms with Crippen molar-refractivity contribution >= 4 is 5.69 Å². The van der Waals surface area contributed by atoms with E-state index in [9.17, 15) is 0 Å². The Labute approximate surface area is 114 Å². The number of anilines is 1. The Morgan fingerprint density at radius 2 is 1.84 bits per heavy atom. The van der Waals surface area contributed by atoms with Gasteiger partial charge in [-0.15, -0.1) is 0 Å². The van der Waals surface area contributed by atoms with Gasteiger partial charge in [0.2, 0.25) is 0 Å². The monoisotopic (exact) mass is 256 g/mol. The molecule has 19 heavy (non-hydrogen) atoms. The highest BCUT2D eigenvalue weighted by Crippen LogP contribution is 2.22. The molecular weight excluding hydrogens is 236 g/mol. The van der Waals surface area contributed by atoms with Crippen LogP contribution >= 0.6 is 0 Å². The van der Waals surface area contributed by atoms with Crippen molar-refractivity contribution in [3.8, 4) is 5.75 Å². The molecule has 0 spiro atoms. The highest BCUT2D eigenvalue weighted by molar-refractivity contribution is 5.46. The first kappa shape index (κ1) is 13.4. The number of nitrogens with two attached hydrogens (primary N) is 1. The highest BCUT2D eigenvalue weighted by atomic mass is 16.5. The average molecular weight is 256 g/mol. The van der Waals surface area contributed by atoms with Gasteiger partial charge in [0.1, 0.15) is 5.75 Å². The van der Waals surface area contributed by atoms with Crippen LogP contribution < -0.4 is 15.4 Å². The lowest BCUT2D eigenvalue weighted by atomic mass is 10.1. The zero-order chi connectivity index (χ0) is 13.7. The number of methoxy groups -OCH3 is 1. The first-order valence-corrected chi connectivity index (χ1v) is 6.36. The fourth-order valence-corrected chi connectivity index (χ4v) is 2.10. The van der Waals surface area contributed by atoms with Gasteiger partial charge in [-0.1, -0.05) is 30.3 Å². The normalized spacial score (nSPS) is 10.3. The van der Waals surface area contributed by atoms with Crippen LogP contribution in [0.15, 0.2) is 48.5 Å². The lowest BCUT2D eigenvalue weighted by Crippen LogP contribution is -2.16. The van der Waals surface area contributed by atoms with Crippen molar-refractivity contribution in [1.82, 2.24) is 0 Å².